The van der Waals surface area contributed by atoms with Crippen LogP contribution < -0.4 is 4.90 Å². The van der Waals surface area contributed by atoms with Crippen molar-refractivity contribution in [1.82, 2.24) is 9.97 Å². The summed E-state index contributed by atoms with van der Waals surface area (Å²) in [5.74, 6) is 0.555. The number of carbonyl (C=O) groups excluding carboxylic acids is 1. The second-order valence-electron chi connectivity index (χ2n) is 4.90. The van der Waals surface area contributed by atoms with Crippen molar-refractivity contribution >= 4 is 33.3 Å². The molecule has 3 rings (SSSR count). The third-order valence-electron chi connectivity index (χ3n) is 3.56. The fraction of sp³-hybridized carbons (Fsp3) is 0.500. The van der Waals surface area contributed by atoms with Gasteiger partial charge in [-0.1, -0.05) is 12.8 Å². The summed E-state index contributed by atoms with van der Waals surface area (Å²) in [5, 5.41) is 1.99. The molecular formula is C14H17N3O2S. The first-order valence-corrected chi connectivity index (χ1v) is 7.76. The minimum atomic E-state index is -0.478. The van der Waals surface area contributed by atoms with Crippen molar-refractivity contribution in [2.75, 3.05) is 25.1 Å². The van der Waals surface area contributed by atoms with Crippen LogP contribution in [0.4, 0.5) is 5.82 Å². The van der Waals surface area contributed by atoms with Gasteiger partial charge < -0.3 is 9.64 Å². The van der Waals surface area contributed by atoms with Crippen LogP contribution in [0.5, 0.6) is 0 Å². The lowest BCUT2D eigenvalue weighted by Gasteiger charge is -2.22. The van der Waals surface area contributed by atoms with Gasteiger partial charge >= 0.3 is 5.97 Å². The van der Waals surface area contributed by atoms with Gasteiger partial charge in [0.1, 0.15) is 0 Å². The highest BCUT2D eigenvalue weighted by atomic mass is 32.1. The summed E-state index contributed by atoms with van der Waals surface area (Å²) < 4.78 is 5.80. The zero-order valence-electron chi connectivity index (χ0n) is 11.5. The van der Waals surface area contributed by atoms with E-state index in [4.69, 9.17) is 4.74 Å². The maximum absolute atomic E-state index is 11.7. The molecular weight excluding hydrogens is 274 g/mol. The number of anilines is 1. The molecule has 0 N–H and O–H groups in total. The molecule has 0 aliphatic carbocycles. The smallest absolute Gasteiger partial charge is 0.376 e. The Morgan fingerprint density at radius 1 is 1.25 bits per heavy atom. The van der Waals surface area contributed by atoms with Crippen molar-refractivity contribution in [3.8, 4) is 0 Å². The Morgan fingerprint density at radius 2 is 2.00 bits per heavy atom. The van der Waals surface area contributed by atoms with Crippen LogP contribution in [0.25, 0.3) is 10.2 Å². The Morgan fingerprint density at radius 3 is 2.70 bits per heavy atom. The predicted molar refractivity (Wildman–Crippen MR) is 79.4 cm³/mol. The molecule has 106 valence electrons. The van der Waals surface area contributed by atoms with Gasteiger partial charge in [-0.15, -0.1) is 11.3 Å². The second-order valence-corrected chi connectivity index (χ2v) is 5.81. The van der Waals surface area contributed by atoms with Gasteiger partial charge in [-0.2, -0.15) is 0 Å². The molecule has 1 fully saturated rings. The molecule has 0 radical (unpaired) electrons. The maximum atomic E-state index is 11.7. The summed E-state index contributed by atoms with van der Waals surface area (Å²) in [7, 11) is 1.36. The van der Waals surface area contributed by atoms with Crippen molar-refractivity contribution < 1.29 is 9.53 Å². The highest BCUT2D eigenvalue weighted by Crippen LogP contribution is 2.30. The lowest BCUT2D eigenvalue weighted by atomic mass is 10.2. The summed E-state index contributed by atoms with van der Waals surface area (Å²) >= 11 is 1.62. The Hall–Kier alpha value is -1.69. The Kier molecular flexibility index (Phi) is 3.82. The Bertz CT molecular complexity index is 618. The normalized spacial score (nSPS) is 16.1. The average Bonchev–Trinajstić information content (AvgIpc) is 2.78. The van der Waals surface area contributed by atoms with Crippen LogP contribution in [0.15, 0.2) is 11.4 Å². The first kappa shape index (κ1) is 13.3. The van der Waals surface area contributed by atoms with Crippen LogP contribution in [0.1, 0.15) is 36.3 Å². The molecule has 6 heteroatoms. The van der Waals surface area contributed by atoms with Gasteiger partial charge in [-0.25, -0.2) is 14.8 Å². The van der Waals surface area contributed by atoms with E-state index in [-0.39, 0.29) is 5.82 Å². The molecule has 2 aromatic heterocycles. The molecule has 3 heterocycles. The molecule has 0 saturated carbocycles. The van der Waals surface area contributed by atoms with Gasteiger partial charge in [0, 0.05) is 13.1 Å². The number of thiophene rings is 1. The molecule has 0 unspecified atom stereocenters. The SMILES string of the molecule is COC(=O)c1nc(N2CCCCCC2)c2sccc2n1. The number of aromatic nitrogens is 2. The molecule has 0 amide bonds. The van der Waals surface area contributed by atoms with Crippen molar-refractivity contribution in [2.24, 2.45) is 0 Å². The van der Waals surface area contributed by atoms with E-state index in [0.29, 0.717) is 0 Å². The minimum absolute atomic E-state index is 0.151. The second kappa shape index (κ2) is 5.75. The lowest BCUT2D eigenvalue weighted by Crippen LogP contribution is -2.26. The molecule has 20 heavy (non-hydrogen) atoms. The first-order valence-electron chi connectivity index (χ1n) is 6.88. The zero-order valence-corrected chi connectivity index (χ0v) is 12.3. The summed E-state index contributed by atoms with van der Waals surface area (Å²) in [4.78, 5) is 22.7. The van der Waals surface area contributed by atoms with Crippen LogP contribution in [0.3, 0.4) is 0 Å². The van der Waals surface area contributed by atoms with Crippen LogP contribution in [-0.2, 0) is 4.74 Å². The summed E-state index contributed by atoms with van der Waals surface area (Å²) in [6.45, 7) is 1.98. The van der Waals surface area contributed by atoms with E-state index >= 15 is 0 Å². The summed E-state index contributed by atoms with van der Waals surface area (Å²) in [6.07, 6.45) is 4.87. The van der Waals surface area contributed by atoms with Gasteiger partial charge in [0.15, 0.2) is 5.82 Å². The Labute approximate surface area is 121 Å². The average molecular weight is 291 g/mol. The fourth-order valence-electron chi connectivity index (χ4n) is 2.53. The number of ether oxygens (including phenoxy) is 1. The molecule has 5 nitrogen and oxygen atoms in total. The van der Waals surface area contributed by atoms with E-state index in [1.165, 1.54) is 32.8 Å². The molecule has 0 atom stereocenters. The molecule has 1 aliphatic heterocycles. The number of nitrogens with zero attached hydrogens (tertiary/aromatic N) is 3. The number of carbonyl (C=O) groups is 1. The van der Waals surface area contributed by atoms with E-state index in [2.05, 4.69) is 14.9 Å². The minimum Gasteiger partial charge on any atom is -0.463 e. The van der Waals surface area contributed by atoms with Crippen molar-refractivity contribution in [3.05, 3.63) is 17.3 Å². The molecule has 0 aromatic carbocycles. The number of rotatable bonds is 2. The highest BCUT2D eigenvalue weighted by Gasteiger charge is 2.20. The monoisotopic (exact) mass is 291 g/mol. The topological polar surface area (TPSA) is 55.3 Å². The van der Waals surface area contributed by atoms with E-state index in [1.54, 1.807) is 11.3 Å². The number of methoxy groups -OCH3 is 1. The van der Waals surface area contributed by atoms with Gasteiger partial charge in [-0.3, -0.25) is 0 Å². The zero-order chi connectivity index (χ0) is 13.9. The van der Waals surface area contributed by atoms with E-state index in [9.17, 15) is 4.79 Å². The van der Waals surface area contributed by atoms with Gasteiger partial charge in [0.05, 0.1) is 17.3 Å². The largest absolute Gasteiger partial charge is 0.463 e. The quantitative estimate of drug-likeness (QED) is 0.796. The molecule has 1 saturated heterocycles. The third-order valence-corrected chi connectivity index (χ3v) is 4.46. The fourth-order valence-corrected chi connectivity index (χ4v) is 3.38. The first-order chi connectivity index (χ1) is 9.79. The molecule has 0 spiro atoms. The Balaban J connectivity index is 2.06. The lowest BCUT2D eigenvalue weighted by molar-refractivity contribution is 0.0587. The number of esters is 1. The van der Waals surface area contributed by atoms with Crippen molar-refractivity contribution in [1.29, 1.82) is 0 Å². The van der Waals surface area contributed by atoms with Gasteiger partial charge in [-0.05, 0) is 24.3 Å². The molecule has 1 aliphatic rings. The van der Waals surface area contributed by atoms with Gasteiger partial charge in [0.25, 0.3) is 0 Å². The molecule has 2 aromatic rings. The van der Waals surface area contributed by atoms with Crippen molar-refractivity contribution in [3.63, 3.8) is 0 Å². The van der Waals surface area contributed by atoms with E-state index in [0.717, 1.165) is 29.1 Å². The van der Waals surface area contributed by atoms with Crippen LogP contribution in [0, 0.1) is 0 Å². The summed E-state index contributed by atoms with van der Waals surface area (Å²) in [5.41, 5.74) is 0.824. The number of hydrogen-bond acceptors (Lipinski definition) is 6. The van der Waals surface area contributed by atoms with Gasteiger partial charge in [0.2, 0.25) is 5.82 Å². The van der Waals surface area contributed by atoms with E-state index < -0.39 is 5.97 Å². The van der Waals surface area contributed by atoms with Crippen LogP contribution in [-0.4, -0.2) is 36.1 Å². The predicted octanol–water partition coefficient (Wildman–Crippen LogP) is 2.86. The number of fused-ring (bicyclic) bond motifs is 1. The summed E-state index contributed by atoms with van der Waals surface area (Å²) in [6, 6.07) is 1.93. The van der Waals surface area contributed by atoms with Crippen molar-refractivity contribution in [2.45, 2.75) is 25.7 Å². The standard InChI is InChI=1S/C14H17N3O2S/c1-19-14(18)12-15-10-6-9-20-11(10)13(16-12)17-7-4-2-3-5-8-17/h6,9H,2-5,7-8H2,1H3. The molecule has 0 bridgehead atoms. The van der Waals surface area contributed by atoms with Crippen LogP contribution >= 0.6 is 11.3 Å². The maximum Gasteiger partial charge on any atom is 0.376 e. The third kappa shape index (κ3) is 2.47. The van der Waals surface area contributed by atoms with E-state index in [1.807, 2.05) is 11.4 Å². The van der Waals surface area contributed by atoms with Crippen LogP contribution in [0.2, 0.25) is 0 Å². The highest BCUT2D eigenvalue weighted by molar-refractivity contribution is 7.17. The number of hydrogen-bond donors (Lipinski definition) is 0.